The van der Waals surface area contributed by atoms with Gasteiger partial charge in [0.1, 0.15) is 0 Å². The van der Waals surface area contributed by atoms with Crippen LogP contribution in [-0.4, -0.2) is 11.2 Å². The number of rotatable bonds is 3. The Bertz CT molecular complexity index is 470. The van der Waals surface area contributed by atoms with Gasteiger partial charge >= 0.3 is 0 Å². The molecule has 3 fully saturated rings. The predicted octanol–water partition coefficient (Wildman–Crippen LogP) is 3.50. The van der Waals surface area contributed by atoms with Crippen LogP contribution in [0.1, 0.15) is 36.0 Å². The van der Waals surface area contributed by atoms with Gasteiger partial charge in [-0.3, -0.25) is 0 Å². The van der Waals surface area contributed by atoms with Gasteiger partial charge in [-0.05, 0) is 74.7 Å². The van der Waals surface area contributed by atoms with Gasteiger partial charge in [0.15, 0.2) is 0 Å². The molecule has 1 aromatic carbocycles. The van der Waals surface area contributed by atoms with Crippen molar-refractivity contribution in [1.29, 1.82) is 0 Å². The quantitative estimate of drug-likeness (QED) is 0.877. The molecule has 5 unspecified atom stereocenters. The van der Waals surface area contributed by atoms with Crippen molar-refractivity contribution in [3.63, 3.8) is 0 Å². The first-order valence-electron chi connectivity index (χ1n) is 7.89. The van der Waals surface area contributed by atoms with Gasteiger partial charge in [-0.15, -0.1) is 0 Å². The summed E-state index contributed by atoms with van der Waals surface area (Å²) in [4.78, 5) is 0. The van der Waals surface area contributed by atoms with Crippen LogP contribution in [0.15, 0.2) is 18.2 Å². The summed E-state index contributed by atoms with van der Waals surface area (Å²) in [6, 6.07) is 6.69. The second-order valence-electron chi connectivity index (χ2n) is 7.33. The van der Waals surface area contributed by atoms with Gasteiger partial charge in [0.2, 0.25) is 0 Å². The van der Waals surface area contributed by atoms with Gasteiger partial charge in [0, 0.05) is 0 Å². The third kappa shape index (κ3) is 1.86. The highest BCUT2D eigenvalue weighted by Gasteiger charge is 2.66. The third-order valence-corrected chi connectivity index (χ3v) is 5.97. The van der Waals surface area contributed by atoms with E-state index in [-0.39, 0.29) is 6.10 Å². The van der Waals surface area contributed by atoms with Crippen LogP contribution < -0.4 is 0 Å². The van der Waals surface area contributed by atoms with E-state index in [1.165, 1.54) is 36.0 Å². The Balaban J connectivity index is 1.46. The molecule has 0 spiro atoms. The lowest BCUT2D eigenvalue weighted by Crippen LogP contribution is -2.18. The van der Waals surface area contributed by atoms with E-state index in [4.69, 9.17) is 0 Å². The molecular formula is C18H24O. The zero-order valence-electron chi connectivity index (χ0n) is 12.0. The molecule has 2 bridgehead atoms. The van der Waals surface area contributed by atoms with E-state index in [1.807, 2.05) is 0 Å². The standard InChI is InChI=1S/C18H24O/c1-10-5-11(2)7-12(6-10)8-15(19)18-16-13-3-4-14(9-13)17(16)18/h5-7,13-19H,3-4,8-9H2,1-2H3. The highest BCUT2D eigenvalue weighted by Crippen LogP contribution is 2.70. The molecule has 4 rings (SSSR count). The molecule has 102 valence electrons. The van der Waals surface area contributed by atoms with Crippen molar-refractivity contribution < 1.29 is 5.11 Å². The molecule has 0 saturated heterocycles. The number of benzene rings is 1. The SMILES string of the molecule is Cc1cc(C)cc(CC(O)C2C3C4CCC(C4)C23)c1. The van der Waals surface area contributed by atoms with Gasteiger partial charge in [0.05, 0.1) is 6.10 Å². The fraction of sp³-hybridized carbons (Fsp3) is 0.667. The van der Waals surface area contributed by atoms with E-state index in [1.54, 1.807) is 0 Å². The molecule has 0 amide bonds. The second kappa shape index (κ2) is 4.09. The van der Waals surface area contributed by atoms with Gasteiger partial charge in [0.25, 0.3) is 0 Å². The van der Waals surface area contributed by atoms with Crippen molar-refractivity contribution in [1.82, 2.24) is 0 Å². The largest absolute Gasteiger partial charge is 0.392 e. The molecule has 0 radical (unpaired) electrons. The molecule has 19 heavy (non-hydrogen) atoms. The Labute approximate surface area is 116 Å². The van der Waals surface area contributed by atoms with Crippen LogP contribution >= 0.6 is 0 Å². The van der Waals surface area contributed by atoms with E-state index < -0.39 is 0 Å². The van der Waals surface area contributed by atoms with Crippen LogP contribution in [0.4, 0.5) is 0 Å². The maximum Gasteiger partial charge on any atom is 0.0614 e. The van der Waals surface area contributed by atoms with E-state index in [0.717, 1.165) is 30.1 Å². The summed E-state index contributed by atoms with van der Waals surface area (Å²) in [6.07, 6.45) is 5.12. The number of hydrogen-bond acceptors (Lipinski definition) is 1. The van der Waals surface area contributed by atoms with Crippen LogP contribution in [-0.2, 0) is 6.42 Å². The first-order chi connectivity index (χ1) is 9.13. The fourth-order valence-corrected chi connectivity index (χ4v) is 5.47. The van der Waals surface area contributed by atoms with E-state index in [0.29, 0.717) is 5.92 Å². The van der Waals surface area contributed by atoms with Crippen LogP contribution in [0.2, 0.25) is 0 Å². The highest BCUT2D eigenvalue weighted by atomic mass is 16.3. The number of aliphatic hydroxyl groups is 1. The van der Waals surface area contributed by atoms with Gasteiger partial charge < -0.3 is 5.11 Å². The smallest absolute Gasteiger partial charge is 0.0614 e. The first-order valence-corrected chi connectivity index (χ1v) is 7.89. The third-order valence-electron chi connectivity index (χ3n) is 5.97. The van der Waals surface area contributed by atoms with E-state index >= 15 is 0 Å². The molecule has 1 heteroatoms. The lowest BCUT2D eigenvalue weighted by Gasteiger charge is -2.16. The van der Waals surface area contributed by atoms with Crippen molar-refractivity contribution in [2.75, 3.05) is 0 Å². The minimum Gasteiger partial charge on any atom is -0.392 e. The number of aliphatic hydroxyl groups excluding tert-OH is 1. The van der Waals surface area contributed by atoms with Crippen molar-refractivity contribution in [3.05, 3.63) is 34.9 Å². The molecule has 0 heterocycles. The minimum atomic E-state index is -0.0976. The summed E-state index contributed by atoms with van der Waals surface area (Å²) in [5.41, 5.74) is 3.96. The Kier molecular flexibility index (Phi) is 2.57. The monoisotopic (exact) mass is 256 g/mol. The number of hydrogen-bond donors (Lipinski definition) is 1. The Morgan fingerprint density at radius 1 is 1.05 bits per heavy atom. The van der Waals surface area contributed by atoms with E-state index in [9.17, 15) is 5.11 Å². The average Bonchev–Trinajstić information content (AvgIpc) is 2.78. The Hall–Kier alpha value is -0.820. The summed E-state index contributed by atoms with van der Waals surface area (Å²) in [7, 11) is 0. The maximum atomic E-state index is 10.6. The molecule has 1 aromatic rings. The van der Waals surface area contributed by atoms with Gasteiger partial charge in [-0.2, -0.15) is 0 Å². The highest BCUT2D eigenvalue weighted by molar-refractivity contribution is 5.29. The normalized spacial score (nSPS) is 40.3. The lowest BCUT2D eigenvalue weighted by atomic mass is 9.94. The van der Waals surface area contributed by atoms with Crippen LogP contribution in [0.5, 0.6) is 0 Å². The predicted molar refractivity (Wildman–Crippen MR) is 76.9 cm³/mol. The summed E-state index contributed by atoms with van der Waals surface area (Å²) < 4.78 is 0. The summed E-state index contributed by atoms with van der Waals surface area (Å²) in [5, 5.41) is 10.6. The van der Waals surface area contributed by atoms with Crippen LogP contribution in [0, 0.1) is 43.4 Å². The second-order valence-corrected chi connectivity index (χ2v) is 7.33. The Morgan fingerprint density at radius 3 is 2.21 bits per heavy atom. The molecule has 3 aliphatic rings. The summed E-state index contributed by atoms with van der Waals surface area (Å²) >= 11 is 0. The van der Waals surface area contributed by atoms with Crippen molar-refractivity contribution >= 4 is 0 Å². The van der Waals surface area contributed by atoms with Crippen molar-refractivity contribution in [2.45, 2.75) is 45.6 Å². The maximum absolute atomic E-state index is 10.6. The van der Waals surface area contributed by atoms with Crippen molar-refractivity contribution in [2.24, 2.45) is 29.6 Å². The zero-order valence-corrected chi connectivity index (χ0v) is 12.0. The van der Waals surface area contributed by atoms with Crippen LogP contribution in [0.25, 0.3) is 0 Å². The zero-order chi connectivity index (χ0) is 13.1. The van der Waals surface area contributed by atoms with Gasteiger partial charge in [-0.25, -0.2) is 0 Å². The summed E-state index contributed by atoms with van der Waals surface area (Å²) in [5.74, 6) is 4.34. The molecule has 5 atom stereocenters. The van der Waals surface area contributed by atoms with Crippen molar-refractivity contribution in [3.8, 4) is 0 Å². The molecule has 0 aromatic heterocycles. The van der Waals surface area contributed by atoms with Gasteiger partial charge in [-0.1, -0.05) is 29.3 Å². The molecule has 1 N–H and O–H groups in total. The fourth-order valence-electron chi connectivity index (χ4n) is 5.47. The topological polar surface area (TPSA) is 20.2 Å². The summed E-state index contributed by atoms with van der Waals surface area (Å²) in [6.45, 7) is 4.30. The molecule has 1 nitrogen and oxygen atoms in total. The minimum absolute atomic E-state index is 0.0976. The molecular weight excluding hydrogens is 232 g/mol. The number of aryl methyl sites for hydroxylation is 2. The molecule has 0 aliphatic heterocycles. The number of fused-ring (bicyclic) bond motifs is 5. The van der Waals surface area contributed by atoms with E-state index in [2.05, 4.69) is 32.0 Å². The lowest BCUT2D eigenvalue weighted by molar-refractivity contribution is 0.128. The molecule has 3 aliphatic carbocycles. The average molecular weight is 256 g/mol. The Morgan fingerprint density at radius 2 is 1.63 bits per heavy atom. The van der Waals surface area contributed by atoms with Crippen LogP contribution in [0.3, 0.4) is 0 Å². The first kappa shape index (κ1) is 12.0. The molecule has 3 saturated carbocycles.